The van der Waals surface area contributed by atoms with Crippen LogP contribution in [-0.2, 0) is 32.7 Å². The summed E-state index contributed by atoms with van der Waals surface area (Å²) in [7, 11) is -5.14. The number of unbranched alkanes of at least 4 members (excludes halogenated alkanes) is 13. The number of aliphatic hydroxyl groups is 5. The van der Waals surface area contributed by atoms with Gasteiger partial charge in [0, 0.05) is 12.8 Å². The van der Waals surface area contributed by atoms with E-state index in [2.05, 4.69) is 92.8 Å². The predicted octanol–water partition coefficient (Wildman–Crippen LogP) is 10.1. The Morgan fingerprint density at radius 2 is 0.892 bits per heavy atom. The van der Waals surface area contributed by atoms with Gasteiger partial charge in [-0.1, -0.05) is 157 Å². The lowest BCUT2D eigenvalue weighted by Crippen LogP contribution is -2.64. The maximum absolute atomic E-state index is 12.8. The van der Waals surface area contributed by atoms with Gasteiger partial charge in [-0.25, -0.2) is 4.57 Å². The van der Waals surface area contributed by atoms with Gasteiger partial charge in [-0.3, -0.25) is 18.6 Å². The van der Waals surface area contributed by atoms with Gasteiger partial charge in [0.2, 0.25) is 0 Å². The SMILES string of the molecule is CC/C=C/C/C=C/C/C=C/C/C=C/C/C=C/CCCCCC(=O)O[C@H](COC(=O)CCC/C=C/C/C=C/CCCCCCCCCCC)COP(=O)(O)OC1C(O)C(O)C(O)[C@@H](O)C1O. The predicted molar refractivity (Wildman–Crippen MR) is 258 cm³/mol. The van der Waals surface area contributed by atoms with Crippen LogP contribution in [0.5, 0.6) is 0 Å². The minimum absolute atomic E-state index is 0.0444. The van der Waals surface area contributed by atoms with Gasteiger partial charge < -0.3 is 39.9 Å². The molecule has 65 heavy (non-hydrogen) atoms. The summed E-state index contributed by atoms with van der Waals surface area (Å²) >= 11 is 0. The molecule has 0 saturated heterocycles. The highest BCUT2D eigenvalue weighted by Crippen LogP contribution is 2.47. The zero-order valence-electron chi connectivity index (χ0n) is 39.5. The van der Waals surface area contributed by atoms with Crippen LogP contribution in [0.1, 0.15) is 168 Å². The molecule has 0 radical (unpaired) electrons. The van der Waals surface area contributed by atoms with Crippen LogP contribution < -0.4 is 0 Å². The number of esters is 2. The van der Waals surface area contributed by atoms with Crippen LogP contribution in [0.15, 0.2) is 85.1 Å². The molecule has 14 heteroatoms. The minimum Gasteiger partial charge on any atom is -0.462 e. The molecule has 0 aliphatic heterocycles. The average molecular weight is 937 g/mol. The molecule has 13 nitrogen and oxygen atoms in total. The lowest BCUT2D eigenvalue weighted by molar-refractivity contribution is -0.220. The van der Waals surface area contributed by atoms with Crippen molar-refractivity contribution in [1.29, 1.82) is 0 Å². The van der Waals surface area contributed by atoms with Crippen LogP contribution in [0.3, 0.4) is 0 Å². The molecule has 0 amide bonds. The average Bonchev–Trinajstić information content (AvgIpc) is 3.29. The van der Waals surface area contributed by atoms with Crippen molar-refractivity contribution >= 4 is 19.8 Å². The van der Waals surface area contributed by atoms with E-state index in [4.69, 9.17) is 18.5 Å². The fraction of sp³-hybridized carbons (Fsp3) is 0.686. The van der Waals surface area contributed by atoms with E-state index < -0.39 is 75.7 Å². The van der Waals surface area contributed by atoms with Crippen molar-refractivity contribution < 1.29 is 63.1 Å². The Labute approximate surface area is 390 Å². The Balaban J connectivity index is 2.50. The van der Waals surface area contributed by atoms with Crippen LogP contribution in [0.2, 0.25) is 0 Å². The lowest BCUT2D eigenvalue weighted by atomic mass is 9.85. The minimum atomic E-state index is -5.14. The van der Waals surface area contributed by atoms with Crippen molar-refractivity contribution in [1.82, 2.24) is 0 Å². The van der Waals surface area contributed by atoms with E-state index in [0.29, 0.717) is 19.3 Å². The molecule has 1 aliphatic rings. The summed E-state index contributed by atoms with van der Waals surface area (Å²) in [5, 5.41) is 50.2. The van der Waals surface area contributed by atoms with Crippen LogP contribution in [-0.4, -0.2) is 98.3 Å². The molecule has 1 aliphatic carbocycles. The molecule has 1 fully saturated rings. The quantitative estimate of drug-likeness (QED) is 0.0147. The van der Waals surface area contributed by atoms with E-state index in [1.165, 1.54) is 57.8 Å². The van der Waals surface area contributed by atoms with E-state index >= 15 is 0 Å². The highest BCUT2D eigenvalue weighted by atomic mass is 31.2. The first-order chi connectivity index (χ1) is 31.4. The third kappa shape index (κ3) is 32.4. The standard InChI is InChI=1S/C51H85O13P/c1-3-5-7-9-11-13-15-17-19-21-22-24-26-28-30-32-34-36-38-40-45(53)63-43(42-62-65(59,60)64-51-49(57)47(55)46(54)48(56)50(51)58)41-61-44(52)39-37-35-33-31-29-27-25-23-20-18-16-14-12-10-8-6-4-2/h5,7,11,13,17,19,22,24-25,27-28,30-31,33,43,46-51,54-58H,3-4,6,8-10,12,14-16,18,20-21,23,26,29,32,34-42H2,1-2H3,(H,59,60)/b7-5+,13-11+,19-17+,24-22+,27-25+,30-28+,33-31+/t43-,46?,47-,48?,49?,50?,51?/m1/s1. The van der Waals surface area contributed by atoms with E-state index in [1.54, 1.807) is 0 Å². The van der Waals surface area contributed by atoms with Crippen LogP contribution in [0.4, 0.5) is 0 Å². The monoisotopic (exact) mass is 937 g/mol. The zero-order valence-corrected chi connectivity index (χ0v) is 40.4. The van der Waals surface area contributed by atoms with Crippen molar-refractivity contribution in [2.75, 3.05) is 13.2 Å². The highest BCUT2D eigenvalue weighted by molar-refractivity contribution is 7.47. The van der Waals surface area contributed by atoms with Gasteiger partial charge in [0.05, 0.1) is 6.61 Å². The lowest BCUT2D eigenvalue weighted by Gasteiger charge is -2.41. The Kier molecular flexibility index (Phi) is 37.1. The normalized spacial score (nSPS) is 22.2. The Bertz CT molecular complexity index is 1460. The van der Waals surface area contributed by atoms with E-state index in [9.17, 15) is 44.6 Å². The summed E-state index contributed by atoms with van der Waals surface area (Å²) < 4.78 is 33.5. The van der Waals surface area contributed by atoms with Crippen molar-refractivity contribution in [2.45, 2.75) is 211 Å². The number of hydrogen-bond acceptors (Lipinski definition) is 12. The Morgan fingerprint density at radius 1 is 0.492 bits per heavy atom. The van der Waals surface area contributed by atoms with Crippen molar-refractivity contribution in [2.24, 2.45) is 0 Å². The summed E-state index contributed by atoms with van der Waals surface area (Å²) in [6, 6.07) is 0. The molecule has 0 heterocycles. The van der Waals surface area contributed by atoms with E-state index in [-0.39, 0.29) is 12.8 Å². The summed E-state index contributed by atoms with van der Waals surface area (Å²) in [5.74, 6) is -1.20. The molecule has 0 bridgehead atoms. The zero-order chi connectivity index (χ0) is 47.8. The number of carbonyl (C=O) groups excluding carboxylic acids is 2. The van der Waals surface area contributed by atoms with Gasteiger partial charge in [0.1, 0.15) is 43.2 Å². The van der Waals surface area contributed by atoms with Crippen molar-refractivity contribution in [3.05, 3.63) is 85.1 Å². The van der Waals surface area contributed by atoms with Crippen LogP contribution >= 0.6 is 7.82 Å². The molecule has 0 aromatic rings. The van der Waals surface area contributed by atoms with Gasteiger partial charge in [-0.2, -0.15) is 0 Å². The highest BCUT2D eigenvalue weighted by Gasteiger charge is 2.51. The second-order valence-electron chi connectivity index (χ2n) is 16.6. The van der Waals surface area contributed by atoms with Crippen LogP contribution in [0, 0.1) is 0 Å². The molecule has 0 aromatic carbocycles. The van der Waals surface area contributed by atoms with Gasteiger partial charge in [0.25, 0.3) is 0 Å². The van der Waals surface area contributed by atoms with Gasteiger partial charge >= 0.3 is 19.8 Å². The Morgan fingerprint density at radius 3 is 1.38 bits per heavy atom. The van der Waals surface area contributed by atoms with E-state index in [1.807, 2.05) is 6.08 Å². The first-order valence-electron chi connectivity index (χ1n) is 24.4. The van der Waals surface area contributed by atoms with Crippen LogP contribution in [0.25, 0.3) is 0 Å². The molecular weight excluding hydrogens is 852 g/mol. The summed E-state index contributed by atoms with van der Waals surface area (Å²) in [4.78, 5) is 35.7. The number of carbonyl (C=O) groups is 2. The van der Waals surface area contributed by atoms with Gasteiger partial charge in [0.15, 0.2) is 6.10 Å². The number of aliphatic hydroxyl groups excluding tert-OH is 5. The summed E-state index contributed by atoms with van der Waals surface area (Å²) in [6.45, 7) is 3.12. The molecule has 6 N–H and O–H groups in total. The molecular formula is C51H85O13P. The molecule has 1 saturated carbocycles. The number of phosphoric acid groups is 1. The second kappa shape index (κ2) is 40.1. The fourth-order valence-corrected chi connectivity index (χ4v) is 7.80. The largest absolute Gasteiger partial charge is 0.472 e. The molecule has 8 atom stereocenters. The molecule has 6 unspecified atom stereocenters. The third-order valence-corrected chi connectivity index (χ3v) is 11.7. The second-order valence-corrected chi connectivity index (χ2v) is 18.0. The maximum atomic E-state index is 12.8. The van der Waals surface area contributed by atoms with Gasteiger partial charge in [-0.15, -0.1) is 0 Å². The smallest absolute Gasteiger partial charge is 0.462 e. The summed E-state index contributed by atoms with van der Waals surface area (Å²) in [5.41, 5.74) is 0. The molecule has 372 valence electrons. The topological polar surface area (TPSA) is 210 Å². The first kappa shape index (κ1) is 60.0. The van der Waals surface area contributed by atoms with Crippen molar-refractivity contribution in [3.8, 4) is 0 Å². The molecule has 0 aromatic heterocycles. The third-order valence-electron chi connectivity index (χ3n) is 10.7. The number of ether oxygens (including phenoxy) is 2. The number of hydrogen-bond donors (Lipinski definition) is 6. The molecule has 0 spiro atoms. The van der Waals surface area contributed by atoms with Gasteiger partial charge in [-0.05, 0) is 83.5 Å². The first-order valence-corrected chi connectivity index (χ1v) is 25.9. The number of phosphoric ester groups is 1. The number of allylic oxidation sites excluding steroid dienone is 14. The molecule has 1 rings (SSSR count). The van der Waals surface area contributed by atoms with Crippen molar-refractivity contribution in [3.63, 3.8) is 0 Å². The number of rotatable bonds is 39. The van der Waals surface area contributed by atoms with E-state index in [0.717, 1.165) is 64.2 Å². The Hall–Kier alpha value is -2.97. The fourth-order valence-electron chi connectivity index (χ4n) is 6.82. The summed E-state index contributed by atoms with van der Waals surface area (Å²) in [6.07, 6.45) is 39.3. The maximum Gasteiger partial charge on any atom is 0.472 e.